The summed E-state index contributed by atoms with van der Waals surface area (Å²) in [5.74, 6) is 0.572. The molecule has 1 aromatic carbocycles. The number of carbonyl (C=O) groups excluding carboxylic acids is 1. The van der Waals surface area contributed by atoms with Crippen molar-refractivity contribution in [2.75, 3.05) is 27.3 Å². The molecule has 0 spiro atoms. The van der Waals surface area contributed by atoms with Crippen molar-refractivity contribution in [2.24, 2.45) is 0 Å². The Hall–Kier alpha value is -2.40. The van der Waals surface area contributed by atoms with Gasteiger partial charge in [0.2, 0.25) is 11.8 Å². The molecule has 1 aromatic heterocycles. The second kappa shape index (κ2) is 7.45. The molecule has 0 bridgehead atoms. The molecule has 1 unspecified atom stereocenters. The first kappa shape index (κ1) is 16.5. The van der Waals surface area contributed by atoms with Gasteiger partial charge < -0.3 is 14.4 Å². The summed E-state index contributed by atoms with van der Waals surface area (Å²) < 4.78 is 11.0. The van der Waals surface area contributed by atoms with Gasteiger partial charge in [-0.15, -0.1) is 0 Å². The van der Waals surface area contributed by atoms with Crippen molar-refractivity contribution in [1.82, 2.24) is 9.88 Å². The smallest absolute Gasteiger partial charge is 0.226 e. The minimum atomic E-state index is -0.0594. The summed E-state index contributed by atoms with van der Waals surface area (Å²) in [6.45, 7) is 1.25. The van der Waals surface area contributed by atoms with Crippen LogP contribution in [0, 0.1) is 0 Å². The van der Waals surface area contributed by atoms with E-state index in [0.29, 0.717) is 25.5 Å². The molecule has 1 aliphatic rings. The van der Waals surface area contributed by atoms with Crippen LogP contribution < -0.4 is 4.74 Å². The summed E-state index contributed by atoms with van der Waals surface area (Å²) in [4.78, 5) is 18.3. The van der Waals surface area contributed by atoms with Crippen molar-refractivity contribution in [3.63, 3.8) is 0 Å². The van der Waals surface area contributed by atoms with Crippen LogP contribution in [0.4, 0.5) is 0 Å². The zero-order valence-electron chi connectivity index (χ0n) is 14.1. The summed E-state index contributed by atoms with van der Waals surface area (Å²) in [7, 11) is 3.39. The van der Waals surface area contributed by atoms with E-state index in [2.05, 4.69) is 17.1 Å². The SMILES string of the molecule is COc1cc(CC(=O)N(C)CC2OCCc3ccccc32)ccn1. The molecular weight excluding hydrogens is 304 g/mol. The lowest BCUT2D eigenvalue weighted by Crippen LogP contribution is -2.34. The number of benzene rings is 1. The zero-order valence-corrected chi connectivity index (χ0v) is 14.1. The van der Waals surface area contributed by atoms with Crippen molar-refractivity contribution >= 4 is 5.91 Å². The molecule has 0 saturated carbocycles. The number of carbonyl (C=O) groups is 1. The zero-order chi connectivity index (χ0) is 16.9. The molecule has 5 nitrogen and oxygen atoms in total. The fourth-order valence-electron chi connectivity index (χ4n) is 2.96. The van der Waals surface area contributed by atoms with Crippen molar-refractivity contribution in [3.8, 4) is 5.88 Å². The number of fused-ring (bicyclic) bond motifs is 1. The second-order valence-electron chi connectivity index (χ2n) is 5.97. The van der Waals surface area contributed by atoms with Crippen LogP contribution in [0.2, 0.25) is 0 Å². The van der Waals surface area contributed by atoms with Crippen LogP contribution in [-0.2, 0) is 22.4 Å². The number of nitrogens with zero attached hydrogens (tertiary/aromatic N) is 2. The van der Waals surface area contributed by atoms with Gasteiger partial charge in [-0.1, -0.05) is 24.3 Å². The van der Waals surface area contributed by atoms with Crippen LogP contribution in [0.15, 0.2) is 42.6 Å². The lowest BCUT2D eigenvalue weighted by molar-refractivity contribution is -0.131. The fourth-order valence-corrected chi connectivity index (χ4v) is 2.96. The van der Waals surface area contributed by atoms with Crippen LogP contribution >= 0.6 is 0 Å². The van der Waals surface area contributed by atoms with E-state index in [4.69, 9.17) is 9.47 Å². The Labute approximate surface area is 142 Å². The molecule has 0 radical (unpaired) electrons. The number of amides is 1. The summed E-state index contributed by atoms with van der Waals surface area (Å²) in [5.41, 5.74) is 3.39. The van der Waals surface area contributed by atoms with Crippen LogP contribution in [0.1, 0.15) is 22.8 Å². The molecule has 3 rings (SSSR count). The van der Waals surface area contributed by atoms with Crippen LogP contribution in [0.5, 0.6) is 5.88 Å². The minimum Gasteiger partial charge on any atom is -0.481 e. The van der Waals surface area contributed by atoms with Gasteiger partial charge in [-0.25, -0.2) is 4.98 Å². The fraction of sp³-hybridized carbons (Fsp3) is 0.368. The number of aromatic nitrogens is 1. The topological polar surface area (TPSA) is 51.7 Å². The Kier molecular flexibility index (Phi) is 5.11. The Balaban J connectivity index is 1.64. The Morgan fingerprint density at radius 3 is 3.04 bits per heavy atom. The van der Waals surface area contributed by atoms with Crippen molar-refractivity contribution < 1.29 is 14.3 Å². The first-order valence-electron chi connectivity index (χ1n) is 8.09. The first-order valence-corrected chi connectivity index (χ1v) is 8.09. The molecule has 2 heterocycles. The molecule has 1 atom stereocenters. The predicted octanol–water partition coefficient (Wildman–Crippen LogP) is 2.41. The number of methoxy groups -OCH3 is 1. The third-order valence-corrected chi connectivity index (χ3v) is 4.32. The van der Waals surface area contributed by atoms with Crippen molar-refractivity contribution in [2.45, 2.75) is 18.9 Å². The third-order valence-electron chi connectivity index (χ3n) is 4.32. The molecule has 24 heavy (non-hydrogen) atoms. The number of ether oxygens (including phenoxy) is 2. The van der Waals surface area contributed by atoms with E-state index >= 15 is 0 Å². The highest BCUT2D eigenvalue weighted by Crippen LogP contribution is 2.27. The Morgan fingerprint density at radius 2 is 2.21 bits per heavy atom. The minimum absolute atomic E-state index is 0.0508. The molecule has 0 aliphatic carbocycles. The van der Waals surface area contributed by atoms with Gasteiger partial charge in [0.15, 0.2) is 0 Å². The lowest BCUT2D eigenvalue weighted by Gasteiger charge is -2.29. The van der Waals surface area contributed by atoms with E-state index in [1.807, 2.05) is 25.2 Å². The first-order chi connectivity index (χ1) is 11.7. The van der Waals surface area contributed by atoms with Gasteiger partial charge in [-0.05, 0) is 29.2 Å². The van der Waals surface area contributed by atoms with Gasteiger partial charge in [0, 0.05) is 19.3 Å². The number of pyridine rings is 1. The standard InChI is InChI=1S/C19H22N2O3/c1-21(19(22)12-14-7-9-20-18(11-14)23-2)13-17-16-6-4-3-5-15(16)8-10-24-17/h3-7,9,11,17H,8,10,12-13H2,1-2H3. The van der Waals surface area contributed by atoms with Crippen molar-refractivity contribution in [1.29, 1.82) is 0 Å². The summed E-state index contributed by atoms with van der Waals surface area (Å²) in [5, 5.41) is 0. The van der Waals surface area contributed by atoms with Crippen molar-refractivity contribution in [3.05, 3.63) is 59.3 Å². The number of hydrogen-bond donors (Lipinski definition) is 0. The maximum atomic E-state index is 12.5. The quantitative estimate of drug-likeness (QED) is 0.847. The highest BCUT2D eigenvalue weighted by molar-refractivity contribution is 5.78. The van der Waals surface area contributed by atoms with Gasteiger partial charge in [0.1, 0.15) is 6.10 Å². The third kappa shape index (κ3) is 3.74. The van der Waals surface area contributed by atoms with Crippen LogP contribution in [0.3, 0.4) is 0 Å². The molecular formula is C19H22N2O3. The molecule has 0 saturated heterocycles. The molecule has 126 valence electrons. The largest absolute Gasteiger partial charge is 0.481 e. The highest BCUT2D eigenvalue weighted by atomic mass is 16.5. The van der Waals surface area contributed by atoms with Gasteiger partial charge in [0.05, 0.1) is 26.7 Å². The summed E-state index contributed by atoms with van der Waals surface area (Å²) in [6.07, 6.45) is 2.85. The maximum Gasteiger partial charge on any atom is 0.226 e. The monoisotopic (exact) mass is 326 g/mol. The number of hydrogen-bond acceptors (Lipinski definition) is 4. The maximum absolute atomic E-state index is 12.5. The van der Waals surface area contributed by atoms with E-state index in [1.54, 1.807) is 24.3 Å². The van der Waals surface area contributed by atoms with Gasteiger partial charge in [0.25, 0.3) is 0 Å². The lowest BCUT2D eigenvalue weighted by atomic mass is 9.97. The normalized spacial score (nSPS) is 16.3. The Morgan fingerprint density at radius 1 is 1.38 bits per heavy atom. The van der Waals surface area contributed by atoms with Gasteiger partial charge >= 0.3 is 0 Å². The average Bonchev–Trinajstić information content (AvgIpc) is 2.62. The number of rotatable bonds is 5. The molecule has 0 N–H and O–H groups in total. The van der Waals surface area contributed by atoms with Gasteiger partial charge in [-0.2, -0.15) is 0 Å². The average molecular weight is 326 g/mol. The molecule has 2 aromatic rings. The molecule has 1 amide bonds. The highest BCUT2D eigenvalue weighted by Gasteiger charge is 2.23. The van der Waals surface area contributed by atoms with E-state index in [-0.39, 0.29) is 12.0 Å². The van der Waals surface area contributed by atoms with Gasteiger partial charge in [-0.3, -0.25) is 4.79 Å². The van der Waals surface area contributed by atoms with E-state index in [1.165, 1.54) is 11.1 Å². The molecule has 5 heteroatoms. The predicted molar refractivity (Wildman–Crippen MR) is 91.0 cm³/mol. The Bertz CT molecular complexity index is 717. The van der Waals surface area contributed by atoms with E-state index in [0.717, 1.165) is 12.0 Å². The van der Waals surface area contributed by atoms with Crippen LogP contribution in [-0.4, -0.2) is 43.1 Å². The van der Waals surface area contributed by atoms with E-state index < -0.39 is 0 Å². The molecule has 1 aliphatic heterocycles. The number of likely N-dealkylation sites (N-methyl/N-ethyl adjacent to an activating group) is 1. The summed E-state index contributed by atoms with van der Waals surface area (Å²) in [6, 6.07) is 11.9. The van der Waals surface area contributed by atoms with Crippen LogP contribution in [0.25, 0.3) is 0 Å². The second-order valence-corrected chi connectivity index (χ2v) is 5.97. The van der Waals surface area contributed by atoms with E-state index in [9.17, 15) is 4.79 Å². The summed E-state index contributed by atoms with van der Waals surface area (Å²) >= 11 is 0. The molecule has 0 fully saturated rings.